The minimum absolute atomic E-state index is 0.236. The molecule has 0 saturated carbocycles. The molecule has 2 aromatic heterocycles. The number of aromatic nitrogens is 3. The van der Waals surface area contributed by atoms with E-state index in [0.29, 0.717) is 11.6 Å². The van der Waals surface area contributed by atoms with E-state index in [2.05, 4.69) is 15.3 Å². The topological polar surface area (TPSA) is 59.8 Å². The summed E-state index contributed by atoms with van der Waals surface area (Å²) in [7, 11) is 1.81. The molecule has 72 valence electrons. The van der Waals surface area contributed by atoms with Crippen molar-refractivity contribution >= 4 is 23.2 Å². The van der Waals surface area contributed by atoms with E-state index in [1.165, 1.54) is 11.3 Å². The van der Waals surface area contributed by atoms with Crippen molar-refractivity contribution in [3.05, 3.63) is 29.0 Å². The summed E-state index contributed by atoms with van der Waals surface area (Å²) in [5.41, 5.74) is 2.03. The largest absolute Gasteiger partial charge is 0.320 e. The fourth-order valence-electron chi connectivity index (χ4n) is 0.976. The fraction of sp³-hybridized carbons (Fsp3) is 0.125. The Morgan fingerprint density at radius 2 is 2.43 bits per heavy atom. The van der Waals surface area contributed by atoms with Crippen LogP contribution in [0.2, 0.25) is 0 Å². The number of aryl methyl sites for hydroxylation is 1. The summed E-state index contributed by atoms with van der Waals surface area (Å²) in [6.07, 6.45) is 3.38. The summed E-state index contributed by atoms with van der Waals surface area (Å²) < 4.78 is 1.73. The Balaban J connectivity index is 2.13. The quantitative estimate of drug-likeness (QED) is 0.804. The van der Waals surface area contributed by atoms with E-state index < -0.39 is 0 Å². The average molecular weight is 208 g/mol. The summed E-state index contributed by atoms with van der Waals surface area (Å²) in [6, 6.07) is 0. The molecule has 0 spiro atoms. The van der Waals surface area contributed by atoms with Gasteiger partial charge < -0.3 is 4.57 Å². The molecular formula is C8H8N4OS. The first-order valence-corrected chi connectivity index (χ1v) is 4.88. The van der Waals surface area contributed by atoms with Crippen LogP contribution >= 0.6 is 11.3 Å². The fourth-order valence-corrected chi connectivity index (χ4v) is 1.51. The van der Waals surface area contributed by atoms with E-state index in [1.807, 2.05) is 7.05 Å². The zero-order chi connectivity index (χ0) is 9.97. The van der Waals surface area contributed by atoms with Gasteiger partial charge in [0.1, 0.15) is 5.69 Å². The Morgan fingerprint density at radius 3 is 3.00 bits per heavy atom. The molecule has 2 rings (SSSR count). The number of hydrogen-bond donors (Lipinski definition) is 1. The van der Waals surface area contributed by atoms with Crippen molar-refractivity contribution in [3.8, 4) is 0 Å². The van der Waals surface area contributed by atoms with Crippen LogP contribution in [0.4, 0.5) is 5.95 Å². The maximum atomic E-state index is 11.5. The molecular weight excluding hydrogens is 200 g/mol. The number of carbonyl (C=O) groups is 1. The molecule has 2 heterocycles. The second-order valence-electron chi connectivity index (χ2n) is 2.69. The number of anilines is 1. The van der Waals surface area contributed by atoms with Crippen LogP contribution in [0.1, 0.15) is 10.5 Å². The Kier molecular flexibility index (Phi) is 2.28. The molecule has 0 aromatic carbocycles. The van der Waals surface area contributed by atoms with E-state index in [9.17, 15) is 4.79 Å². The molecule has 0 bridgehead atoms. The molecule has 5 nitrogen and oxygen atoms in total. The van der Waals surface area contributed by atoms with Gasteiger partial charge in [0.25, 0.3) is 5.91 Å². The van der Waals surface area contributed by atoms with E-state index >= 15 is 0 Å². The van der Waals surface area contributed by atoms with Crippen molar-refractivity contribution in [3.63, 3.8) is 0 Å². The van der Waals surface area contributed by atoms with Gasteiger partial charge in [-0.05, 0) is 0 Å². The highest BCUT2D eigenvalue weighted by Gasteiger charge is 2.09. The first kappa shape index (κ1) is 8.89. The first-order chi connectivity index (χ1) is 6.77. The van der Waals surface area contributed by atoms with Gasteiger partial charge in [-0.25, -0.2) is 9.97 Å². The first-order valence-electron chi connectivity index (χ1n) is 3.94. The number of nitrogens with one attached hydrogen (secondary N) is 1. The molecule has 14 heavy (non-hydrogen) atoms. The second-order valence-corrected chi connectivity index (χ2v) is 3.41. The number of rotatable bonds is 2. The Morgan fingerprint density at radius 1 is 1.57 bits per heavy atom. The van der Waals surface area contributed by atoms with Crippen molar-refractivity contribution in [1.29, 1.82) is 0 Å². The molecule has 2 aromatic rings. The van der Waals surface area contributed by atoms with Crippen LogP contribution in [0.25, 0.3) is 0 Å². The van der Waals surface area contributed by atoms with Crippen LogP contribution in [0.3, 0.4) is 0 Å². The second kappa shape index (κ2) is 3.59. The molecule has 0 radical (unpaired) electrons. The molecule has 6 heteroatoms. The average Bonchev–Trinajstić information content (AvgIpc) is 2.77. The number of carbonyl (C=O) groups excluding carboxylic acids is 1. The molecule has 0 aliphatic carbocycles. The van der Waals surface area contributed by atoms with Gasteiger partial charge in [-0.1, -0.05) is 0 Å². The van der Waals surface area contributed by atoms with Gasteiger partial charge in [0.15, 0.2) is 0 Å². The smallest absolute Gasteiger partial charge is 0.277 e. The maximum absolute atomic E-state index is 11.5. The Labute approximate surface area is 84.4 Å². The molecule has 1 amide bonds. The van der Waals surface area contributed by atoms with Crippen LogP contribution in [0.5, 0.6) is 0 Å². The number of nitrogens with zero attached hydrogens (tertiary/aromatic N) is 3. The summed E-state index contributed by atoms with van der Waals surface area (Å²) in [5, 5.41) is 4.34. The highest BCUT2D eigenvalue weighted by atomic mass is 32.1. The van der Waals surface area contributed by atoms with Gasteiger partial charge in [0, 0.05) is 24.8 Å². The molecule has 0 atom stereocenters. The summed E-state index contributed by atoms with van der Waals surface area (Å²) in [6.45, 7) is 0. The van der Waals surface area contributed by atoms with E-state index in [4.69, 9.17) is 0 Å². The monoisotopic (exact) mass is 208 g/mol. The lowest BCUT2D eigenvalue weighted by Crippen LogP contribution is -2.15. The minimum atomic E-state index is -0.236. The molecule has 0 unspecified atom stereocenters. The molecule has 0 fully saturated rings. The van der Waals surface area contributed by atoms with Crippen LogP contribution in [0, 0.1) is 0 Å². The number of imidazole rings is 1. The van der Waals surface area contributed by atoms with Crippen molar-refractivity contribution < 1.29 is 4.79 Å². The molecule has 0 saturated heterocycles. The lowest BCUT2D eigenvalue weighted by Gasteiger charge is -2.01. The highest BCUT2D eigenvalue weighted by molar-refractivity contribution is 7.07. The maximum Gasteiger partial charge on any atom is 0.277 e. The third kappa shape index (κ3) is 1.64. The minimum Gasteiger partial charge on any atom is -0.320 e. The van der Waals surface area contributed by atoms with Crippen molar-refractivity contribution in [2.45, 2.75) is 0 Å². The van der Waals surface area contributed by atoms with Crippen molar-refractivity contribution in [1.82, 2.24) is 14.5 Å². The highest BCUT2D eigenvalue weighted by Crippen LogP contribution is 2.06. The van der Waals surface area contributed by atoms with E-state index in [0.717, 1.165) is 0 Å². The zero-order valence-corrected chi connectivity index (χ0v) is 8.28. The number of hydrogen-bond acceptors (Lipinski definition) is 4. The van der Waals surface area contributed by atoms with Gasteiger partial charge >= 0.3 is 0 Å². The number of thiazole rings is 1. The molecule has 0 aliphatic heterocycles. The molecule has 1 N–H and O–H groups in total. The predicted octanol–water partition coefficient (Wildman–Crippen LogP) is 1.13. The van der Waals surface area contributed by atoms with Crippen LogP contribution < -0.4 is 5.32 Å². The summed E-state index contributed by atoms with van der Waals surface area (Å²) in [5.74, 6) is 0.281. The third-order valence-electron chi connectivity index (χ3n) is 1.71. The third-order valence-corrected chi connectivity index (χ3v) is 2.30. The van der Waals surface area contributed by atoms with E-state index in [-0.39, 0.29) is 5.91 Å². The van der Waals surface area contributed by atoms with Gasteiger partial charge in [-0.15, -0.1) is 11.3 Å². The Hall–Kier alpha value is -1.69. The van der Waals surface area contributed by atoms with Crippen LogP contribution in [-0.2, 0) is 7.05 Å². The normalized spacial score (nSPS) is 10.1. The van der Waals surface area contributed by atoms with Crippen LogP contribution in [0.15, 0.2) is 23.3 Å². The Bertz CT molecular complexity index is 434. The lowest BCUT2D eigenvalue weighted by molar-refractivity contribution is 0.102. The molecule has 0 aliphatic rings. The van der Waals surface area contributed by atoms with Crippen molar-refractivity contribution in [2.24, 2.45) is 7.05 Å². The zero-order valence-electron chi connectivity index (χ0n) is 7.47. The number of amides is 1. The van der Waals surface area contributed by atoms with E-state index in [1.54, 1.807) is 27.9 Å². The summed E-state index contributed by atoms with van der Waals surface area (Å²) >= 11 is 1.39. The van der Waals surface area contributed by atoms with Gasteiger partial charge in [-0.2, -0.15) is 0 Å². The summed E-state index contributed by atoms with van der Waals surface area (Å²) in [4.78, 5) is 19.4. The van der Waals surface area contributed by atoms with Gasteiger partial charge in [0.05, 0.1) is 5.51 Å². The SMILES string of the molecule is Cn1ccnc1NC(=O)c1cscn1. The standard InChI is InChI=1S/C8H8N4OS/c1-12-3-2-9-8(12)11-7(13)6-4-14-5-10-6/h2-5H,1H3,(H,9,11,13). The predicted molar refractivity (Wildman–Crippen MR) is 53.3 cm³/mol. The van der Waals surface area contributed by atoms with Crippen LogP contribution in [-0.4, -0.2) is 20.4 Å². The van der Waals surface area contributed by atoms with Gasteiger partial charge in [-0.3, -0.25) is 10.1 Å². The van der Waals surface area contributed by atoms with Gasteiger partial charge in [0.2, 0.25) is 5.95 Å². The lowest BCUT2D eigenvalue weighted by atomic mass is 10.5. The van der Waals surface area contributed by atoms with Crippen molar-refractivity contribution in [2.75, 3.05) is 5.32 Å².